The minimum absolute atomic E-state index is 0.221. The Kier molecular flexibility index (Phi) is 3.72. The quantitative estimate of drug-likeness (QED) is 0.756. The Bertz CT molecular complexity index is 233. The van der Waals surface area contributed by atoms with E-state index in [-0.39, 0.29) is 5.60 Å². The molecular weight excluding hydrogens is 210 g/mol. The second kappa shape index (κ2) is 5.27. The maximum absolute atomic E-state index is 6.31. The van der Waals surface area contributed by atoms with Gasteiger partial charge < -0.3 is 10.1 Å². The highest BCUT2D eigenvalue weighted by Crippen LogP contribution is 2.42. The molecule has 0 aromatic rings. The molecule has 3 fully saturated rings. The lowest BCUT2D eigenvalue weighted by atomic mass is 9.70. The summed E-state index contributed by atoms with van der Waals surface area (Å²) < 4.78 is 6.31. The number of ether oxygens (including phenoxy) is 1. The van der Waals surface area contributed by atoms with Crippen molar-refractivity contribution in [3.63, 3.8) is 0 Å². The molecule has 0 bridgehead atoms. The average molecular weight is 237 g/mol. The van der Waals surface area contributed by atoms with Crippen molar-refractivity contribution in [3.8, 4) is 0 Å². The van der Waals surface area contributed by atoms with E-state index in [4.69, 9.17) is 4.74 Å². The monoisotopic (exact) mass is 237 g/mol. The summed E-state index contributed by atoms with van der Waals surface area (Å²) in [4.78, 5) is 0. The van der Waals surface area contributed by atoms with E-state index in [1.165, 1.54) is 64.2 Å². The summed E-state index contributed by atoms with van der Waals surface area (Å²) in [5.41, 5.74) is 0.221. The van der Waals surface area contributed by atoms with Crippen molar-refractivity contribution in [3.05, 3.63) is 0 Å². The molecule has 1 heterocycles. The molecule has 0 amide bonds. The Balaban J connectivity index is 1.73. The molecular formula is C15H27NO. The molecule has 1 saturated heterocycles. The molecule has 1 N–H and O–H groups in total. The maximum Gasteiger partial charge on any atom is 0.0838 e. The summed E-state index contributed by atoms with van der Waals surface area (Å²) in [6.07, 6.45) is 14.0. The van der Waals surface area contributed by atoms with Gasteiger partial charge in [0.15, 0.2) is 0 Å². The van der Waals surface area contributed by atoms with Crippen molar-refractivity contribution in [2.45, 2.75) is 75.9 Å². The molecule has 0 aromatic carbocycles. The van der Waals surface area contributed by atoms with Crippen LogP contribution in [0.5, 0.6) is 0 Å². The molecule has 0 radical (unpaired) electrons. The van der Waals surface area contributed by atoms with Gasteiger partial charge in [-0.1, -0.05) is 38.5 Å². The molecule has 3 rings (SSSR count). The van der Waals surface area contributed by atoms with Gasteiger partial charge in [-0.2, -0.15) is 0 Å². The van der Waals surface area contributed by atoms with Crippen molar-refractivity contribution in [2.75, 3.05) is 13.2 Å². The van der Waals surface area contributed by atoms with Crippen molar-refractivity contribution >= 4 is 0 Å². The van der Waals surface area contributed by atoms with Crippen LogP contribution in [0.15, 0.2) is 0 Å². The zero-order valence-corrected chi connectivity index (χ0v) is 11.0. The molecule has 2 aliphatic carbocycles. The van der Waals surface area contributed by atoms with Crippen LogP contribution in [0.25, 0.3) is 0 Å². The van der Waals surface area contributed by atoms with Crippen LogP contribution in [-0.2, 0) is 4.74 Å². The van der Waals surface area contributed by atoms with Crippen LogP contribution >= 0.6 is 0 Å². The number of nitrogens with one attached hydrogen (secondary N) is 1. The maximum atomic E-state index is 6.31. The molecule has 1 spiro atoms. The molecule has 2 heteroatoms. The first kappa shape index (κ1) is 12.0. The molecule has 1 aliphatic heterocycles. The van der Waals surface area contributed by atoms with Crippen LogP contribution < -0.4 is 5.32 Å². The van der Waals surface area contributed by atoms with Crippen molar-refractivity contribution < 1.29 is 4.74 Å². The van der Waals surface area contributed by atoms with E-state index in [0.29, 0.717) is 6.04 Å². The Morgan fingerprint density at radius 2 is 1.59 bits per heavy atom. The van der Waals surface area contributed by atoms with Crippen LogP contribution in [0.1, 0.15) is 64.2 Å². The molecule has 17 heavy (non-hydrogen) atoms. The van der Waals surface area contributed by atoms with Crippen LogP contribution in [0.3, 0.4) is 0 Å². The van der Waals surface area contributed by atoms with Crippen molar-refractivity contribution in [2.24, 2.45) is 5.92 Å². The fraction of sp³-hybridized carbons (Fsp3) is 1.00. The largest absolute Gasteiger partial charge is 0.372 e. The van der Waals surface area contributed by atoms with Gasteiger partial charge in [0, 0.05) is 12.6 Å². The number of rotatable bonds is 1. The minimum Gasteiger partial charge on any atom is -0.372 e. The van der Waals surface area contributed by atoms with Crippen LogP contribution in [0.2, 0.25) is 0 Å². The van der Waals surface area contributed by atoms with E-state index in [2.05, 4.69) is 5.32 Å². The van der Waals surface area contributed by atoms with Crippen LogP contribution in [0.4, 0.5) is 0 Å². The fourth-order valence-corrected chi connectivity index (χ4v) is 4.41. The molecule has 1 atom stereocenters. The van der Waals surface area contributed by atoms with E-state index in [1.54, 1.807) is 0 Å². The molecule has 1 unspecified atom stereocenters. The van der Waals surface area contributed by atoms with Crippen molar-refractivity contribution in [1.29, 1.82) is 0 Å². The average Bonchev–Trinajstić information content (AvgIpc) is 2.41. The fourth-order valence-electron chi connectivity index (χ4n) is 4.41. The van der Waals surface area contributed by atoms with Crippen LogP contribution in [-0.4, -0.2) is 24.8 Å². The third-order valence-electron chi connectivity index (χ3n) is 5.24. The normalized spacial score (nSPS) is 34.9. The first-order valence-corrected chi connectivity index (χ1v) is 7.78. The van der Waals surface area contributed by atoms with E-state index < -0.39 is 0 Å². The van der Waals surface area contributed by atoms with Gasteiger partial charge in [-0.3, -0.25) is 0 Å². The van der Waals surface area contributed by atoms with Gasteiger partial charge in [-0.15, -0.1) is 0 Å². The first-order chi connectivity index (χ1) is 8.41. The molecule has 98 valence electrons. The highest BCUT2D eigenvalue weighted by Gasteiger charge is 2.46. The Morgan fingerprint density at radius 1 is 0.882 bits per heavy atom. The van der Waals surface area contributed by atoms with Gasteiger partial charge in [0.05, 0.1) is 12.2 Å². The van der Waals surface area contributed by atoms with Gasteiger partial charge in [-0.25, -0.2) is 0 Å². The van der Waals surface area contributed by atoms with Crippen molar-refractivity contribution in [1.82, 2.24) is 5.32 Å². The highest BCUT2D eigenvalue weighted by molar-refractivity contribution is 5.01. The van der Waals surface area contributed by atoms with Gasteiger partial charge in [-0.05, 0) is 31.6 Å². The summed E-state index contributed by atoms with van der Waals surface area (Å²) in [5.74, 6) is 0.891. The highest BCUT2D eigenvalue weighted by atomic mass is 16.5. The number of hydrogen-bond acceptors (Lipinski definition) is 2. The smallest absolute Gasteiger partial charge is 0.0838 e. The predicted molar refractivity (Wildman–Crippen MR) is 70.1 cm³/mol. The third-order valence-corrected chi connectivity index (χ3v) is 5.24. The molecule has 0 aromatic heterocycles. The molecule has 2 saturated carbocycles. The lowest BCUT2D eigenvalue weighted by Gasteiger charge is -2.50. The van der Waals surface area contributed by atoms with Gasteiger partial charge >= 0.3 is 0 Å². The summed E-state index contributed by atoms with van der Waals surface area (Å²) in [5, 5.41) is 3.82. The Labute approximate surface area is 105 Å². The van der Waals surface area contributed by atoms with E-state index in [0.717, 1.165) is 19.1 Å². The summed E-state index contributed by atoms with van der Waals surface area (Å²) in [7, 11) is 0. The lowest BCUT2D eigenvalue weighted by molar-refractivity contribution is -0.133. The minimum atomic E-state index is 0.221. The number of morpholine rings is 1. The van der Waals surface area contributed by atoms with E-state index in [1.807, 2.05) is 0 Å². The Morgan fingerprint density at radius 3 is 2.35 bits per heavy atom. The standard InChI is InChI=1S/C15H27NO/c1-3-7-13(8-4-1)14-15(17-12-11-16-14)9-5-2-6-10-15/h13-14,16H,1-12H2. The number of hydrogen-bond donors (Lipinski definition) is 1. The van der Waals surface area contributed by atoms with Crippen LogP contribution in [0, 0.1) is 5.92 Å². The zero-order chi connectivity index (χ0) is 11.6. The Hall–Kier alpha value is -0.0800. The molecule has 3 aliphatic rings. The lowest BCUT2D eigenvalue weighted by Crippen LogP contribution is -2.62. The third kappa shape index (κ3) is 2.39. The topological polar surface area (TPSA) is 21.3 Å². The second-order valence-electron chi connectivity index (χ2n) is 6.30. The van der Waals surface area contributed by atoms with Gasteiger partial charge in [0.25, 0.3) is 0 Å². The zero-order valence-electron chi connectivity index (χ0n) is 11.0. The predicted octanol–water partition coefficient (Wildman–Crippen LogP) is 3.26. The second-order valence-corrected chi connectivity index (χ2v) is 6.30. The van der Waals surface area contributed by atoms with Gasteiger partial charge in [0.2, 0.25) is 0 Å². The molecule has 2 nitrogen and oxygen atoms in total. The first-order valence-electron chi connectivity index (χ1n) is 7.78. The summed E-state index contributed by atoms with van der Waals surface area (Å²) >= 11 is 0. The van der Waals surface area contributed by atoms with E-state index in [9.17, 15) is 0 Å². The SMILES string of the molecule is C1CCC(C2NCCOC23CCCCC3)CC1. The summed E-state index contributed by atoms with van der Waals surface area (Å²) in [6, 6.07) is 0.664. The van der Waals surface area contributed by atoms with E-state index >= 15 is 0 Å². The van der Waals surface area contributed by atoms with Gasteiger partial charge in [0.1, 0.15) is 0 Å². The summed E-state index contributed by atoms with van der Waals surface area (Å²) in [6.45, 7) is 2.01.